The van der Waals surface area contributed by atoms with Crippen molar-refractivity contribution in [2.75, 3.05) is 27.4 Å². The molecule has 0 aliphatic rings. The molecule has 0 aliphatic heterocycles. The fourth-order valence-corrected chi connectivity index (χ4v) is 3.12. The smallest absolute Gasteiger partial charge is 0.251 e. The van der Waals surface area contributed by atoms with Gasteiger partial charge in [0.25, 0.3) is 5.91 Å². The normalized spacial score (nSPS) is 10.3. The van der Waals surface area contributed by atoms with Gasteiger partial charge < -0.3 is 24.3 Å². The number of carbonyl (C=O) groups is 1. The quantitative estimate of drug-likeness (QED) is 0.411. The van der Waals surface area contributed by atoms with E-state index in [1.807, 2.05) is 60.7 Å². The topological polar surface area (TPSA) is 66.0 Å². The van der Waals surface area contributed by atoms with Gasteiger partial charge in [-0.25, -0.2) is 0 Å². The fourth-order valence-electron chi connectivity index (χ4n) is 3.12. The van der Waals surface area contributed by atoms with Gasteiger partial charge >= 0.3 is 0 Å². The molecule has 0 saturated carbocycles. The average Bonchev–Trinajstić information content (AvgIpc) is 2.85. The molecule has 0 aromatic heterocycles. The number of benzene rings is 3. The fraction of sp³-hybridized carbons (Fsp3) is 0.269. The van der Waals surface area contributed by atoms with Crippen LogP contribution in [-0.4, -0.2) is 33.3 Å². The zero-order valence-corrected chi connectivity index (χ0v) is 18.5. The van der Waals surface area contributed by atoms with Gasteiger partial charge in [0.05, 0.1) is 20.8 Å². The number of hydrogen-bond acceptors (Lipinski definition) is 5. The summed E-state index contributed by atoms with van der Waals surface area (Å²) in [6.07, 6.45) is 1.65. The second-order valence-corrected chi connectivity index (χ2v) is 7.11. The van der Waals surface area contributed by atoms with E-state index in [-0.39, 0.29) is 5.91 Å². The van der Waals surface area contributed by atoms with Crippen LogP contribution in [0.25, 0.3) is 0 Å². The Hall–Kier alpha value is -3.67. The van der Waals surface area contributed by atoms with Crippen molar-refractivity contribution < 1.29 is 23.7 Å². The molecule has 1 N–H and O–H groups in total. The van der Waals surface area contributed by atoms with Gasteiger partial charge in [0, 0.05) is 12.1 Å². The third-order valence-electron chi connectivity index (χ3n) is 4.82. The Morgan fingerprint density at radius 2 is 1.44 bits per heavy atom. The molecule has 1 amide bonds. The summed E-state index contributed by atoms with van der Waals surface area (Å²) in [6, 6.07) is 22.8. The van der Waals surface area contributed by atoms with Gasteiger partial charge in [-0.3, -0.25) is 4.79 Å². The largest absolute Gasteiger partial charge is 0.494 e. The van der Waals surface area contributed by atoms with Crippen LogP contribution in [0.4, 0.5) is 0 Å². The first-order valence-electron chi connectivity index (χ1n) is 10.6. The van der Waals surface area contributed by atoms with Crippen molar-refractivity contribution >= 4 is 5.91 Å². The van der Waals surface area contributed by atoms with E-state index >= 15 is 0 Å². The third-order valence-corrected chi connectivity index (χ3v) is 4.82. The Labute approximate surface area is 189 Å². The van der Waals surface area contributed by atoms with Crippen LogP contribution in [0.5, 0.6) is 23.0 Å². The maximum absolute atomic E-state index is 12.6. The number of methoxy groups -OCH3 is 2. The molecule has 0 radical (unpaired) electrons. The highest BCUT2D eigenvalue weighted by atomic mass is 16.5. The second-order valence-electron chi connectivity index (χ2n) is 7.11. The molecule has 3 aromatic rings. The van der Waals surface area contributed by atoms with Gasteiger partial charge in [-0.15, -0.1) is 0 Å². The highest BCUT2D eigenvalue weighted by Crippen LogP contribution is 2.39. The first-order valence-corrected chi connectivity index (χ1v) is 10.6. The summed E-state index contributed by atoms with van der Waals surface area (Å²) < 4.78 is 22.5. The summed E-state index contributed by atoms with van der Waals surface area (Å²) in [7, 11) is 3.08. The number of para-hydroxylation sites is 1. The molecule has 3 rings (SSSR count). The van der Waals surface area contributed by atoms with Crippen LogP contribution in [0.1, 0.15) is 28.8 Å². The van der Waals surface area contributed by atoms with Crippen LogP contribution in [0.2, 0.25) is 0 Å². The summed E-state index contributed by atoms with van der Waals surface area (Å²) in [4.78, 5) is 12.6. The summed E-state index contributed by atoms with van der Waals surface area (Å²) >= 11 is 0. The van der Waals surface area contributed by atoms with E-state index in [9.17, 15) is 4.79 Å². The predicted octanol–water partition coefficient (Wildman–Crippen LogP) is 4.87. The molecule has 0 atom stereocenters. The molecule has 6 nitrogen and oxygen atoms in total. The van der Waals surface area contributed by atoms with Crippen LogP contribution in [0.3, 0.4) is 0 Å². The predicted molar refractivity (Wildman–Crippen MR) is 124 cm³/mol. The van der Waals surface area contributed by atoms with E-state index in [0.29, 0.717) is 42.6 Å². The number of nitrogens with one attached hydrogen (secondary N) is 1. The van der Waals surface area contributed by atoms with Gasteiger partial charge in [0.2, 0.25) is 5.75 Å². The van der Waals surface area contributed by atoms with Crippen molar-refractivity contribution in [2.24, 2.45) is 0 Å². The monoisotopic (exact) mass is 435 g/mol. The van der Waals surface area contributed by atoms with Gasteiger partial charge in [-0.1, -0.05) is 48.5 Å². The molecule has 0 heterocycles. The lowest BCUT2D eigenvalue weighted by Crippen LogP contribution is -2.24. The maximum Gasteiger partial charge on any atom is 0.251 e. The highest BCUT2D eigenvalue weighted by Gasteiger charge is 2.17. The minimum absolute atomic E-state index is 0.194. The Morgan fingerprint density at radius 3 is 2.06 bits per heavy atom. The molecule has 3 aromatic carbocycles. The number of amides is 1. The molecule has 0 saturated heterocycles. The van der Waals surface area contributed by atoms with Crippen LogP contribution in [-0.2, 0) is 6.61 Å². The van der Waals surface area contributed by atoms with Crippen molar-refractivity contribution in [3.8, 4) is 23.0 Å². The summed E-state index contributed by atoms with van der Waals surface area (Å²) in [5, 5.41) is 2.93. The lowest BCUT2D eigenvalue weighted by molar-refractivity contribution is 0.0951. The number of hydrogen-bond donors (Lipinski definition) is 1. The summed E-state index contributed by atoms with van der Waals surface area (Å²) in [5.74, 6) is 2.02. The summed E-state index contributed by atoms with van der Waals surface area (Å²) in [5.41, 5.74) is 1.47. The molecule has 0 spiro atoms. The Balaban J connectivity index is 1.52. The van der Waals surface area contributed by atoms with E-state index in [2.05, 4.69) is 5.32 Å². The zero-order valence-electron chi connectivity index (χ0n) is 18.5. The Kier molecular flexibility index (Phi) is 8.80. The van der Waals surface area contributed by atoms with Gasteiger partial charge in [-0.05, 0) is 42.7 Å². The first-order chi connectivity index (χ1) is 15.7. The van der Waals surface area contributed by atoms with Gasteiger partial charge in [0.1, 0.15) is 12.4 Å². The number of unbranched alkanes of at least 4 members (excludes halogenated alkanes) is 1. The van der Waals surface area contributed by atoms with Gasteiger partial charge in [0.15, 0.2) is 11.5 Å². The molecule has 6 heteroatoms. The molecule has 0 unspecified atom stereocenters. The van der Waals surface area contributed by atoms with Crippen LogP contribution in [0.15, 0.2) is 72.8 Å². The Morgan fingerprint density at radius 1 is 0.812 bits per heavy atom. The molecular weight excluding hydrogens is 406 g/mol. The Bertz CT molecular complexity index is 951. The summed E-state index contributed by atoms with van der Waals surface area (Å²) in [6.45, 7) is 1.52. The molecule has 0 aliphatic carbocycles. The number of ether oxygens (including phenoxy) is 4. The average molecular weight is 436 g/mol. The molecular formula is C26H29NO5. The van der Waals surface area contributed by atoms with Gasteiger partial charge in [-0.2, -0.15) is 0 Å². The van der Waals surface area contributed by atoms with E-state index < -0.39 is 0 Å². The van der Waals surface area contributed by atoms with Crippen LogP contribution >= 0.6 is 0 Å². The maximum atomic E-state index is 12.6. The molecule has 0 fully saturated rings. The lowest BCUT2D eigenvalue weighted by Gasteiger charge is -2.16. The van der Waals surface area contributed by atoms with E-state index in [1.54, 1.807) is 26.4 Å². The van der Waals surface area contributed by atoms with E-state index in [0.717, 1.165) is 24.2 Å². The zero-order chi connectivity index (χ0) is 22.6. The van der Waals surface area contributed by atoms with Crippen molar-refractivity contribution in [1.29, 1.82) is 0 Å². The minimum Gasteiger partial charge on any atom is -0.494 e. The minimum atomic E-state index is -0.194. The standard InChI is InChI=1S/C26H29NO5/c1-29-23-17-21(18-24(30-2)25(23)32-19-20-11-5-3-6-12-20)26(28)27-15-9-10-16-31-22-13-7-4-8-14-22/h3-8,11-14,17-18H,9-10,15-16,19H2,1-2H3,(H,27,28). The lowest BCUT2D eigenvalue weighted by atomic mass is 10.1. The number of carbonyl (C=O) groups excluding carboxylic acids is 1. The highest BCUT2D eigenvalue weighted by molar-refractivity contribution is 5.95. The van der Waals surface area contributed by atoms with Crippen molar-refractivity contribution in [3.63, 3.8) is 0 Å². The van der Waals surface area contributed by atoms with E-state index in [1.165, 1.54) is 0 Å². The van der Waals surface area contributed by atoms with Crippen LogP contribution in [0, 0.1) is 0 Å². The number of rotatable bonds is 12. The molecule has 168 valence electrons. The van der Waals surface area contributed by atoms with Crippen molar-refractivity contribution in [1.82, 2.24) is 5.32 Å². The second kappa shape index (κ2) is 12.2. The van der Waals surface area contributed by atoms with E-state index in [4.69, 9.17) is 18.9 Å². The van der Waals surface area contributed by atoms with Crippen LogP contribution < -0.4 is 24.3 Å². The molecule has 0 bridgehead atoms. The first kappa shape index (κ1) is 23.0. The molecule has 32 heavy (non-hydrogen) atoms. The third kappa shape index (κ3) is 6.67. The van der Waals surface area contributed by atoms with Crippen molar-refractivity contribution in [3.05, 3.63) is 83.9 Å². The SMILES string of the molecule is COc1cc(C(=O)NCCCCOc2ccccc2)cc(OC)c1OCc1ccccc1. The van der Waals surface area contributed by atoms with Crippen molar-refractivity contribution in [2.45, 2.75) is 19.4 Å².